The Morgan fingerprint density at radius 2 is 2.33 bits per heavy atom. The minimum Gasteiger partial charge on any atom is -0.338 e. The van der Waals surface area contributed by atoms with Crippen molar-refractivity contribution in [2.24, 2.45) is 5.92 Å². The van der Waals surface area contributed by atoms with Crippen LogP contribution in [0.25, 0.3) is 5.69 Å². The molecule has 2 amide bonds. The van der Waals surface area contributed by atoms with E-state index in [1.54, 1.807) is 4.68 Å². The number of nitrogens with one attached hydrogen (secondary N) is 2. The van der Waals surface area contributed by atoms with Crippen molar-refractivity contribution in [3.8, 4) is 5.69 Å². The Morgan fingerprint density at radius 1 is 1.48 bits per heavy atom. The normalized spacial score (nSPS) is 14.0. The fourth-order valence-corrected chi connectivity index (χ4v) is 2.35. The molecule has 0 bridgehead atoms. The van der Waals surface area contributed by atoms with Crippen LogP contribution in [0.5, 0.6) is 0 Å². The van der Waals surface area contributed by atoms with Gasteiger partial charge < -0.3 is 10.6 Å². The van der Waals surface area contributed by atoms with Crippen LogP contribution in [-0.2, 0) is 0 Å². The molecule has 1 aliphatic carbocycles. The Hall–Kier alpha value is -2.09. The summed E-state index contributed by atoms with van der Waals surface area (Å²) in [6, 6.07) is 7.25. The van der Waals surface area contributed by atoms with Crippen LogP contribution < -0.4 is 10.6 Å². The van der Waals surface area contributed by atoms with Crippen LogP contribution in [0.15, 0.2) is 29.4 Å². The molecule has 7 nitrogen and oxygen atoms in total. The molecule has 1 fully saturated rings. The van der Waals surface area contributed by atoms with Crippen molar-refractivity contribution in [1.29, 1.82) is 0 Å². The first-order chi connectivity index (χ1) is 10.3. The van der Waals surface area contributed by atoms with E-state index in [-0.39, 0.29) is 6.03 Å². The SMILES string of the molecule is CSc1nnnn1-c1cccc(NC(=O)NCC2CC2)c1. The van der Waals surface area contributed by atoms with Crippen LogP contribution in [0.2, 0.25) is 0 Å². The summed E-state index contributed by atoms with van der Waals surface area (Å²) in [5.41, 5.74) is 1.52. The number of tetrazole rings is 1. The van der Waals surface area contributed by atoms with Gasteiger partial charge in [-0.05, 0) is 53.6 Å². The zero-order valence-corrected chi connectivity index (χ0v) is 12.4. The first-order valence-electron chi connectivity index (χ1n) is 6.74. The third kappa shape index (κ3) is 3.52. The quantitative estimate of drug-likeness (QED) is 0.824. The van der Waals surface area contributed by atoms with Crippen molar-refractivity contribution in [2.45, 2.75) is 18.0 Å². The Balaban J connectivity index is 1.69. The van der Waals surface area contributed by atoms with Gasteiger partial charge in [0.25, 0.3) is 0 Å². The number of thioether (sulfide) groups is 1. The number of amides is 2. The maximum Gasteiger partial charge on any atom is 0.319 e. The number of nitrogens with zero attached hydrogens (tertiary/aromatic N) is 4. The third-order valence-electron chi connectivity index (χ3n) is 3.22. The van der Waals surface area contributed by atoms with Gasteiger partial charge in [-0.15, -0.1) is 5.10 Å². The Kier molecular flexibility index (Phi) is 4.05. The molecule has 1 aliphatic rings. The lowest BCUT2D eigenvalue weighted by Crippen LogP contribution is -2.30. The fourth-order valence-electron chi connectivity index (χ4n) is 1.92. The maximum absolute atomic E-state index is 11.8. The molecule has 0 saturated heterocycles. The van der Waals surface area contributed by atoms with Gasteiger partial charge >= 0.3 is 6.03 Å². The highest BCUT2D eigenvalue weighted by Crippen LogP contribution is 2.27. The molecule has 0 spiro atoms. The molecule has 1 saturated carbocycles. The second-order valence-corrected chi connectivity index (χ2v) is 5.68. The molecule has 110 valence electrons. The lowest BCUT2D eigenvalue weighted by Gasteiger charge is -2.09. The van der Waals surface area contributed by atoms with Gasteiger partial charge in [0.2, 0.25) is 5.16 Å². The minimum absolute atomic E-state index is 0.180. The van der Waals surface area contributed by atoms with E-state index < -0.39 is 0 Å². The van der Waals surface area contributed by atoms with Crippen LogP contribution in [0.4, 0.5) is 10.5 Å². The van der Waals surface area contributed by atoms with Crippen LogP contribution in [0.3, 0.4) is 0 Å². The number of rotatable bonds is 5. The number of benzene rings is 1. The first kappa shape index (κ1) is 13.9. The second kappa shape index (κ2) is 6.13. The monoisotopic (exact) mass is 304 g/mol. The minimum atomic E-state index is -0.180. The van der Waals surface area contributed by atoms with Crippen molar-refractivity contribution in [2.75, 3.05) is 18.1 Å². The van der Waals surface area contributed by atoms with Crippen LogP contribution in [-0.4, -0.2) is 39.0 Å². The summed E-state index contributed by atoms with van der Waals surface area (Å²) in [4.78, 5) is 11.8. The molecular weight excluding hydrogens is 288 g/mol. The highest BCUT2D eigenvalue weighted by atomic mass is 32.2. The molecule has 0 radical (unpaired) electrons. The van der Waals surface area contributed by atoms with E-state index in [1.165, 1.54) is 24.6 Å². The summed E-state index contributed by atoms with van der Waals surface area (Å²) >= 11 is 1.46. The molecule has 1 aromatic carbocycles. The zero-order chi connectivity index (χ0) is 14.7. The highest BCUT2D eigenvalue weighted by Gasteiger charge is 2.21. The topological polar surface area (TPSA) is 84.7 Å². The predicted octanol–water partition coefficient (Wildman–Crippen LogP) is 1.92. The maximum atomic E-state index is 11.8. The summed E-state index contributed by atoms with van der Waals surface area (Å²) in [6.07, 6.45) is 4.34. The Labute approximate surface area is 126 Å². The van der Waals surface area contributed by atoms with Gasteiger partial charge in [0.15, 0.2) is 0 Å². The van der Waals surface area contributed by atoms with Crippen molar-refractivity contribution < 1.29 is 4.79 Å². The molecule has 8 heteroatoms. The summed E-state index contributed by atoms with van der Waals surface area (Å²) < 4.78 is 1.64. The van der Waals surface area contributed by atoms with Gasteiger partial charge in [-0.25, -0.2) is 4.79 Å². The first-order valence-corrected chi connectivity index (χ1v) is 7.96. The van der Waals surface area contributed by atoms with Crippen LogP contribution in [0, 0.1) is 5.92 Å². The van der Waals surface area contributed by atoms with Crippen LogP contribution >= 0.6 is 11.8 Å². The molecule has 2 N–H and O–H groups in total. The lowest BCUT2D eigenvalue weighted by atomic mass is 10.3. The van der Waals surface area contributed by atoms with E-state index in [2.05, 4.69) is 26.2 Å². The molecule has 2 aromatic rings. The molecule has 0 unspecified atom stereocenters. The standard InChI is InChI=1S/C13H16N6OS/c1-21-13-16-17-18-19(13)11-4-2-3-10(7-11)15-12(20)14-8-9-5-6-9/h2-4,7,9H,5-6,8H2,1H3,(H2,14,15,20). The number of hydrogen-bond donors (Lipinski definition) is 2. The number of anilines is 1. The number of carbonyl (C=O) groups excluding carboxylic acids is 1. The Bertz CT molecular complexity index is 639. The smallest absolute Gasteiger partial charge is 0.319 e. The van der Waals surface area contributed by atoms with E-state index in [0.29, 0.717) is 16.8 Å². The number of carbonyl (C=O) groups is 1. The van der Waals surface area contributed by atoms with Gasteiger partial charge in [-0.3, -0.25) is 0 Å². The van der Waals surface area contributed by atoms with E-state index in [0.717, 1.165) is 12.2 Å². The molecular formula is C13H16N6OS. The molecule has 0 atom stereocenters. The average Bonchev–Trinajstić information content (AvgIpc) is 3.20. The van der Waals surface area contributed by atoms with E-state index in [1.807, 2.05) is 30.5 Å². The average molecular weight is 304 g/mol. The molecule has 1 aromatic heterocycles. The molecule has 3 rings (SSSR count). The lowest BCUT2D eigenvalue weighted by molar-refractivity contribution is 0.251. The van der Waals surface area contributed by atoms with Crippen molar-refractivity contribution >= 4 is 23.5 Å². The summed E-state index contributed by atoms with van der Waals surface area (Å²) in [5.74, 6) is 0.660. The van der Waals surface area contributed by atoms with Crippen LogP contribution in [0.1, 0.15) is 12.8 Å². The van der Waals surface area contributed by atoms with Gasteiger partial charge in [-0.2, -0.15) is 4.68 Å². The largest absolute Gasteiger partial charge is 0.338 e. The summed E-state index contributed by atoms with van der Waals surface area (Å²) in [5, 5.41) is 17.9. The Morgan fingerprint density at radius 3 is 3.10 bits per heavy atom. The molecule has 21 heavy (non-hydrogen) atoms. The van der Waals surface area contributed by atoms with Gasteiger partial charge in [0, 0.05) is 12.2 Å². The number of aromatic nitrogens is 4. The van der Waals surface area contributed by atoms with Crippen molar-refractivity contribution in [1.82, 2.24) is 25.5 Å². The summed E-state index contributed by atoms with van der Waals surface area (Å²) in [6.45, 7) is 0.745. The number of hydrogen-bond acceptors (Lipinski definition) is 5. The van der Waals surface area contributed by atoms with E-state index in [4.69, 9.17) is 0 Å². The fraction of sp³-hybridized carbons (Fsp3) is 0.385. The molecule has 1 heterocycles. The summed E-state index contributed by atoms with van der Waals surface area (Å²) in [7, 11) is 0. The van der Waals surface area contributed by atoms with E-state index in [9.17, 15) is 4.79 Å². The van der Waals surface area contributed by atoms with Gasteiger partial charge in [0.1, 0.15) is 0 Å². The highest BCUT2D eigenvalue weighted by molar-refractivity contribution is 7.98. The van der Waals surface area contributed by atoms with Crippen molar-refractivity contribution in [3.63, 3.8) is 0 Å². The van der Waals surface area contributed by atoms with E-state index >= 15 is 0 Å². The number of urea groups is 1. The van der Waals surface area contributed by atoms with Gasteiger partial charge in [0.05, 0.1) is 5.69 Å². The van der Waals surface area contributed by atoms with Gasteiger partial charge in [-0.1, -0.05) is 17.8 Å². The molecule has 0 aliphatic heterocycles. The zero-order valence-electron chi connectivity index (χ0n) is 11.6. The second-order valence-electron chi connectivity index (χ2n) is 4.91. The predicted molar refractivity (Wildman–Crippen MR) is 80.7 cm³/mol. The van der Waals surface area contributed by atoms with Crippen molar-refractivity contribution in [3.05, 3.63) is 24.3 Å². The third-order valence-corrected chi connectivity index (χ3v) is 3.84.